The van der Waals surface area contributed by atoms with Gasteiger partial charge in [-0.1, -0.05) is 23.7 Å². The van der Waals surface area contributed by atoms with Gasteiger partial charge in [0.05, 0.1) is 43.1 Å². The number of halogens is 1. The number of benzene rings is 1. The first-order chi connectivity index (χ1) is 15.5. The summed E-state index contributed by atoms with van der Waals surface area (Å²) in [6, 6.07) is 6.32. The molecule has 1 aliphatic rings. The highest BCUT2D eigenvalue weighted by Crippen LogP contribution is 2.35. The Labute approximate surface area is 193 Å². The average molecular weight is 464 g/mol. The predicted octanol–water partition coefficient (Wildman–Crippen LogP) is 3.31. The van der Waals surface area contributed by atoms with E-state index in [2.05, 4.69) is 15.3 Å². The Bertz CT molecular complexity index is 908. The Morgan fingerprint density at radius 3 is 2.53 bits per heavy atom. The van der Waals surface area contributed by atoms with Gasteiger partial charge in [0.25, 0.3) is 0 Å². The largest absolute Gasteiger partial charge is 0.394 e. The molecule has 3 rings (SSSR count). The summed E-state index contributed by atoms with van der Waals surface area (Å²) in [6.45, 7) is 7.43. The fraction of sp³-hybridized carbons (Fsp3) is 0.500. The topological polar surface area (TPSA) is 100 Å². The SMILES string of the molecule is CCOCC(COCC)N1C(=O)N(c2ccccc2Cl)Cc2cnc(N[C@H](C)CO)nc21. The lowest BCUT2D eigenvalue weighted by Crippen LogP contribution is -2.55. The molecule has 2 N–H and O–H groups in total. The van der Waals surface area contributed by atoms with Gasteiger partial charge in [-0.05, 0) is 32.9 Å². The van der Waals surface area contributed by atoms with E-state index in [1.165, 1.54) is 0 Å². The normalized spacial score (nSPS) is 14.6. The summed E-state index contributed by atoms with van der Waals surface area (Å²) >= 11 is 6.42. The van der Waals surface area contributed by atoms with Crippen LogP contribution >= 0.6 is 11.6 Å². The number of nitrogens with one attached hydrogen (secondary N) is 1. The number of carbonyl (C=O) groups is 1. The monoisotopic (exact) mass is 463 g/mol. The molecule has 0 spiro atoms. The molecule has 1 atom stereocenters. The Morgan fingerprint density at radius 2 is 1.91 bits per heavy atom. The van der Waals surface area contributed by atoms with E-state index in [-0.39, 0.29) is 38.4 Å². The van der Waals surface area contributed by atoms with Gasteiger partial charge in [-0.2, -0.15) is 4.98 Å². The summed E-state index contributed by atoms with van der Waals surface area (Å²) in [4.78, 5) is 26.0. The molecule has 10 heteroatoms. The molecule has 32 heavy (non-hydrogen) atoms. The summed E-state index contributed by atoms with van der Waals surface area (Å²) < 4.78 is 11.4. The van der Waals surface area contributed by atoms with E-state index < -0.39 is 6.04 Å². The zero-order valence-electron chi connectivity index (χ0n) is 18.6. The second-order valence-corrected chi connectivity index (χ2v) is 7.84. The van der Waals surface area contributed by atoms with Gasteiger partial charge in [0, 0.05) is 31.0 Å². The van der Waals surface area contributed by atoms with Gasteiger partial charge in [0.2, 0.25) is 5.95 Å². The number of aliphatic hydroxyl groups is 1. The van der Waals surface area contributed by atoms with Crippen molar-refractivity contribution >= 4 is 35.1 Å². The molecule has 2 amide bonds. The average Bonchev–Trinajstić information content (AvgIpc) is 2.80. The second-order valence-electron chi connectivity index (χ2n) is 7.43. The first-order valence-electron chi connectivity index (χ1n) is 10.7. The van der Waals surface area contributed by atoms with E-state index >= 15 is 0 Å². The molecule has 0 bridgehead atoms. The number of urea groups is 1. The Balaban J connectivity index is 2.06. The van der Waals surface area contributed by atoms with E-state index in [1.54, 1.807) is 22.1 Å². The van der Waals surface area contributed by atoms with Gasteiger partial charge >= 0.3 is 6.03 Å². The van der Waals surface area contributed by atoms with Gasteiger partial charge < -0.3 is 19.9 Å². The maximum absolute atomic E-state index is 13.8. The second kappa shape index (κ2) is 11.4. The lowest BCUT2D eigenvalue weighted by atomic mass is 10.1. The first-order valence-corrected chi connectivity index (χ1v) is 11.1. The molecule has 1 aromatic heterocycles. The molecule has 0 saturated heterocycles. The number of aliphatic hydroxyl groups excluding tert-OH is 1. The quantitative estimate of drug-likeness (QED) is 0.527. The number of rotatable bonds is 11. The maximum atomic E-state index is 13.8. The van der Waals surface area contributed by atoms with Gasteiger partial charge in [-0.15, -0.1) is 0 Å². The molecule has 0 fully saturated rings. The number of carbonyl (C=O) groups excluding carboxylic acids is 1. The summed E-state index contributed by atoms with van der Waals surface area (Å²) in [7, 11) is 0. The fourth-order valence-corrected chi connectivity index (χ4v) is 3.64. The fourth-order valence-electron chi connectivity index (χ4n) is 3.41. The first kappa shape index (κ1) is 24.2. The van der Waals surface area contributed by atoms with E-state index in [9.17, 15) is 9.90 Å². The van der Waals surface area contributed by atoms with Crippen LogP contribution in [0, 0.1) is 0 Å². The molecule has 2 aromatic rings. The molecular formula is C22H30ClN5O4. The number of ether oxygens (including phenoxy) is 2. The number of aromatic nitrogens is 2. The van der Waals surface area contributed by atoms with Crippen LogP contribution in [0.2, 0.25) is 5.02 Å². The van der Waals surface area contributed by atoms with Crippen LogP contribution in [-0.2, 0) is 16.0 Å². The van der Waals surface area contributed by atoms with Crippen molar-refractivity contribution in [2.45, 2.75) is 39.4 Å². The van der Waals surface area contributed by atoms with E-state index in [0.717, 1.165) is 5.56 Å². The third kappa shape index (κ3) is 5.47. The van der Waals surface area contributed by atoms with Crippen LogP contribution in [0.1, 0.15) is 26.3 Å². The van der Waals surface area contributed by atoms with Crippen LogP contribution in [0.15, 0.2) is 30.5 Å². The van der Waals surface area contributed by atoms with Crippen molar-refractivity contribution in [3.8, 4) is 0 Å². The van der Waals surface area contributed by atoms with Crippen LogP contribution in [0.25, 0.3) is 0 Å². The van der Waals surface area contributed by atoms with Crippen LogP contribution in [0.4, 0.5) is 22.2 Å². The molecule has 2 heterocycles. The zero-order chi connectivity index (χ0) is 23.1. The van der Waals surface area contributed by atoms with Crippen molar-refractivity contribution in [2.24, 2.45) is 0 Å². The van der Waals surface area contributed by atoms with Gasteiger partial charge in [-0.3, -0.25) is 9.80 Å². The van der Waals surface area contributed by atoms with Crippen molar-refractivity contribution in [2.75, 3.05) is 48.2 Å². The number of amides is 2. The Hall–Kier alpha value is -2.46. The highest BCUT2D eigenvalue weighted by atomic mass is 35.5. The lowest BCUT2D eigenvalue weighted by molar-refractivity contribution is 0.0759. The van der Waals surface area contributed by atoms with Crippen molar-refractivity contribution in [3.63, 3.8) is 0 Å². The minimum absolute atomic E-state index is 0.0688. The minimum Gasteiger partial charge on any atom is -0.394 e. The molecular weight excluding hydrogens is 434 g/mol. The van der Waals surface area contributed by atoms with Crippen LogP contribution in [0.5, 0.6) is 0 Å². The molecule has 0 radical (unpaired) electrons. The predicted molar refractivity (Wildman–Crippen MR) is 124 cm³/mol. The van der Waals surface area contributed by atoms with Gasteiger partial charge in [0.1, 0.15) is 5.82 Å². The summed E-state index contributed by atoms with van der Waals surface area (Å²) in [5.74, 6) is 0.825. The summed E-state index contributed by atoms with van der Waals surface area (Å²) in [5, 5.41) is 12.9. The van der Waals surface area contributed by atoms with Crippen molar-refractivity contribution in [1.82, 2.24) is 9.97 Å². The zero-order valence-corrected chi connectivity index (χ0v) is 19.4. The van der Waals surface area contributed by atoms with Crippen molar-refractivity contribution < 1.29 is 19.4 Å². The Morgan fingerprint density at radius 1 is 1.22 bits per heavy atom. The Kier molecular flexibility index (Phi) is 8.63. The third-order valence-corrected chi connectivity index (χ3v) is 5.34. The molecule has 1 aromatic carbocycles. The van der Waals surface area contributed by atoms with Crippen LogP contribution in [-0.4, -0.2) is 66.2 Å². The lowest BCUT2D eigenvalue weighted by Gasteiger charge is -2.40. The van der Waals surface area contributed by atoms with E-state index in [4.69, 9.17) is 21.1 Å². The molecule has 0 aliphatic carbocycles. The van der Waals surface area contributed by atoms with Crippen molar-refractivity contribution in [1.29, 1.82) is 0 Å². The summed E-state index contributed by atoms with van der Waals surface area (Å²) in [6.07, 6.45) is 1.69. The standard InChI is InChI=1S/C22H30ClN5O4/c1-4-31-13-17(14-32-5-2)28-20-16(10-24-21(26-20)25-15(3)12-29)11-27(22(28)30)19-9-7-6-8-18(19)23/h6-10,15,17,29H,4-5,11-14H2,1-3H3,(H,24,25,26)/t15-/m1/s1. The maximum Gasteiger partial charge on any atom is 0.330 e. The number of nitrogens with zero attached hydrogens (tertiary/aromatic N) is 4. The number of hydrogen-bond donors (Lipinski definition) is 2. The number of para-hydroxylation sites is 1. The molecule has 174 valence electrons. The van der Waals surface area contributed by atoms with Crippen LogP contribution < -0.4 is 15.1 Å². The molecule has 9 nitrogen and oxygen atoms in total. The highest BCUT2D eigenvalue weighted by molar-refractivity contribution is 6.34. The third-order valence-electron chi connectivity index (χ3n) is 5.02. The van der Waals surface area contributed by atoms with E-state index in [1.807, 2.05) is 39.0 Å². The number of anilines is 3. The van der Waals surface area contributed by atoms with Gasteiger partial charge in [0.15, 0.2) is 0 Å². The highest BCUT2D eigenvalue weighted by Gasteiger charge is 2.38. The van der Waals surface area contributed by atoms with Crippen molar-refractivity contribution in [3.05, 3.63) is 41.0 Å². The van der Waals surface area contributed by atoms with Crippen LogP contribution in [0.3, 0.4) is 0 Å². The number of hydrogen-bond acceptors (Lipinski definition) is 7. The summed E-state index contributed by atoms with van der Waals surface area (Å²) in [5.41, 5.74) is 1.38. The minimum atomic E-state index is -0.399. The number of fused-ring (bicyclic) bond motifs is 1. The molecule has 0 unspecified atom stereocenters. The van der Waals surface area contributed by atoms with Gasteiger partial charge in [-0.25, -0.2) is 9.78 Å². The molecule has 0 saturated carbocycles. The smallest absolute Gasteiger partial charge is 0.330 e. The van der Waals surface area contributed by atoms with E-state index in [0.29, 0.717) is 35.7 Å². The molecule has 1 aliphatic heterocycles.